The van der Waals surface area contributed by atoms with Gasteiger partial charge in [0, 0.05) is 9.26 Å². The lowest BCUT2D eigenvalue weighted by atomic mass is 10.1. The van der Waals surface area contributed by atoms with E-state index in [1.165, 1.54) is 5.56 Å². The molecule has 2 aromatic carbocycles. The summed E-state index contributed by atoms with van der Waals surface area (Å²) in [5.74, 6) is -0.0573. The molecule has 1 N–H and O–H groups in total. The van der Waals surface area contributed by atoms with Gasteiger partial charge in [-0.15, -0.1) is 0 Å². The zero-order valence-electron chi connectivity index (χ0n) is 11.3. The Balaban J connectivity index is 2.28. The first-order chi connectivity index (χ1) is 8.99. The molecule has 0 saturated carbocycles. The van der Waals surface area contributed by atoms with Crippen LogP contribution in [-0.2, 0) is 0 Å². The maximum Gasteiger partial charge on any atom is 0.256 e. The van der Waals surface area contributed by atoms with Crippen molar-refractivity contribution in [3.05, 3.63) is 62.2 Å². The minimum atomic E-state index is -0.0573. The van der Waals surface area contributed by atoms with Crippen molar-refractivity contribution in [2.24, 2.45) is 0 Å². The molecule has 0 heterocycles. The molecule has 0 bridgehead atoms. The predicted molar refractivity (Wildman–Crippen MR) is 87.8 cm³/mol. The molecule has 0 unspecified atom stereocenters. The van der Waals surface area contributed by atoms with E-state index in [1.807, 2.05) is 57.2 Å². The predicted octanol–water partition coefficient (Wildman–Crippen LogP) is 4.47. The Morgan fingerprint density at radius 2 is 1.84 bits per heavy atom. The normalized spacial score (nSPS) is 10.3. The summed E-state index contributed by atoms with van der Waals surface area (Å²) in [5.41, 5.74) is 5.04. The summed E-state index contributed by atoms with van der Waals surface area (Å²) < 4.78 is 0.973. The minimum absolute atomic E-state index is 0.0573. The maximum atomic E-state index is 12.3. The zero-order chi connectivity index (χ0) is 14.0. The average molecular weight is 365 g/mol. The van der Waals surface area contributed by atoms with Crippen molar-refractivity contribution in [1.29, 1.82) is 0 Å². The Kier molecular flexibility index (Phi) is 4.24. The van der Waals surface area contributed by atoms with Gasteiger partial charge in [0.1, 0.15) is 0 Å². The number of amides is 1. The first-order valence-electron chi connectivity index (χ1n) is 6.13. The van der Waals surface area contributed by atoms with Crippen LogP contribution in [0.1, 0.15) is 27.0 Å². The van der Waals surface area contributed by atoms with Crippen LogP contribution in [0.4, 0.5) is 5.69 Å². The number of nitrogens with one attached hydrogen (secondary N) is 1. The molecule has 98 valence electrons. The van der Waals surface area contributed by atoms with E-state index in [0.29, 0.717) is 5.56 Å². The second-order valence-corrected chi connectivity index (χ2v) is 5.85. The molecule has 0 saturated heterocycles. The maximum absolute atomic E-state index is 12.3. The van der Waals surface area contributed by atoms with Crippen LogP contribution in [0, 0.1) is 24.3 Å². The Morgan fingerprint density at radius 3 is 2.53 bits per heavy atom. The van der Waals surface area contributed by atoms with Gasteiger partial charge in [0.2, 0.25) is 0 Å². The zero-order valence-corrected chi connectivity index (χ0v) is 13.4. The third kappa shape index (κ3) is 3.15. The topological polar surface area (TPSA) is 29.1 Å². The minimum Gasteiger partial charge on any atom is -0.322 e. The van der Waals surface area contributed by atoms with Crippen molar-refractivity contribution < 1.29 is 4.79 Å². The van der Waals surface area contributed by atoms with Crippen molar-refractivity contribution in [2.75, 3.05) is 5.32 Å². The molecular formula is C16H16INO. The van der Waals surface area contributed by atoms with E-state index in [0.717, 1.165) is 20.4 Å². The second-order valence-electron chi connectivity index (χ2n) is 4.68. The van der Waals surface area contributed by atoms with E-state index in [-0.39, 0.29) is 5.91 Å². The summed E-state index contributed by atoms with van der Waals surface area (Å²) in [7, 11) is 0. The lowest BCUT2D eigenvalue weighted by Crippen LogP contribution is -2.14. The van der Waals surface area contributed by atoms with Crippen LogP contribution in [0.3, 0.4) is 0 Å². The number of halogens is 1. The molecule has 2 rings (SSSR count). The molecule has 3 heteroatoms. The SMILES string of the molecule is Cc1ccc(C(=O)Nc2cccc(C)c2C)c(I)c1. The van der Waals surface area contributed by atoms with Crippen molar-refractivity contribution in [3.63, 3.8) is 0 Å². The number of benzene rings is 2. The highest BCUT2D eigenvalue weighted by atomic mass is 127. The van der Waals surface area contributed by atoms with Gasteiger partial charge in [-0.2, -0.15) is 0 Å². The first kappa shape index (κ1) is 14.1. The Labute approximate surface area is 127 Å². The molecule has 0 aromatic heterocycles. The molecule has 0 atom stereocenters. The van der Waals surface area contributed by atoms with E-state index < -0.39 is 0 Å². The molecule has 0 aliphatic carbocycles. The number of hydrogen-bond donors (Lipinski definition) is 1. The van der Waals surface area contributed by atoms with Gasteiger partial charge in [-0.3, -0.25) is 4.79 Å². The van der Waals surface area contributed by atoms with Gasteiger partial charge in [-0.1, -0.05) is 23.8 Å². The molecule has 1 amide bonds. The fourth-order valence-corrected chi connectivity index (χ4v) is 2.80. The Hall–Kier alpha value is -1.36. The number of rotatable bonds is 2. The van der Waals surface area contributed by atoms with Gasteiger partial charge >= 0.3 is 0 Å². The summed E-state index contributed by atoms with van der Waals surface area (Å²) in [5, 5.41) is 2.98. The fourth-order valence-electron chi connectivity index (χ4n) is 1.88. The van der Waals surface area contributed by atoms with E-state index in [4.69, 9.17) is 0 Å². The van der Waals surface area contributed by atoms with Crippen LogP contribution >= 0.6 is 22.6 Å². The van der Waals surface area contributed by atoms with E-state index in [1.54, 1.807) is 0 Å². The molecule has 0 radical (unpaired) electrons. The van der Waals surface area contributed by atoms with Crippen molar-refractivity contribution in [3.8, 4) is 0 Å². The summed E-state index contributed by atoms with van der Waals surface area (Å²) in [4.78, 5) is 12.3. The van der Waals surface area contributed by atoms with Crippen LogP contribution < -0.4 is 5.32 Å². The van der Waals surface area contributed by atoms with E-state index in [9.17, 15) is 4.79 Å². The number of aryl methyl sites for hydroxylation is 2. The van der Waals surface area contributed by atoms with Gasteiger partial charge in [0.25, 0.3) is 5.91 Å². The molecule has 19 heavy (non-hydrogen) atoms. The van der Waals surface area contributed by atoms with Crippen molar-refractivity contribution in [1.82, 2.24) is 0 Å². The van der Waals surface area contributed by atoms with Gasteiger partial charge in [-0.25, -0.2) is 0 Å². The summed E-state index contributed by atoms with van der Waals surface area (Å²) in [6, 6.07) is 11.8. The highest BCUT2D eigenvalue weighted by molar-refractivity contribution is 14.1. The number of anilines is 1. The number of hydrogen-bond acceptors (Lipinski definition) is 1. The molecule has 0 spiro atoms. The lowest BCUT2D eigenvalue weighted by molar-refractivity contribution is 0.102. The number of carbonyl (C=O) groups excluding carboxylic acids is 1. The summed E-state index contributed by atoms with van der Waals surface area (Å²) in [6.07, 6.45) is 0. The Morgan fingerprint density at radius 1 is 1.11 bits per heavy atom. The van der Waals surface area contributed by atoms with Crippen molar-refractivity contribution >= 4 is 34.2 Å². The first-order valence-corrected chi connectivity index (χ1v) is 7.20. The van der Waals surface area contributed by atoms with Crippen LogP contribution in [0.25, 0.3) is 0 Å². The van der Waals surface area contributed by atoms with Gasteiger partial charge in [0.15, 0.2) is 0 Å². The quantitative estimate of drug-likeness (QED) is 0.782. The van der Waals surface area contributed by atoms with Crippen LogP contribution in [0.15, 0.2) is 36.4 Å². The summed E-state index contributed by atoms with van der Waals surface area (Å²) >= 11 is 2.20. The fraction of sp³-hybridized carbons (Fsp3) is 0.188. The summed E-state index contributed by atoms with van der Waals surface area (Å²) in [6.45, 7) is 6.08. The lowest BCUT2D eigenvalue weighted by Gasteiger charge is -2.11. The molecule has 0 aliphatic rings. The van der Waals surface area contributed by atoms with Crippen LogP contribution in [0.2, 0.25) is 0 Å². The standard InChI is InChI=1S/C16H16INO/c1-10-7-8-13(14(17)9-10)16(19)18-15-6-4-5-11(2)12(15)3/h4-9H,1-3H3,(H,18,19). The van der Waals surface area contributed by atoms with Gasteiger partial charge in [-0.05, 0) is 72.7 Å². The van der Waals surface area contributed by atoms with E-state index in [2.05, 4.69) is 27.9 Å². The monoisotopic (exact) mass is 365 g/mol. The number of carbonyl (C=O) groups is 1. The highest BCUT2D eigenvalue weighted by Crippen LogP contribution is 2.20. The third-order valence-electron chi connectivity index (χ3n) is 3.22. The molecule has 0 fully saturated rings. The average Bonchev–Trinajstić information content (AvgIpc) is 2.34. The van der Waals surface area contributed by atoms with Gasteiger partial charge < -0.3 is 5.32 Å². The smallest absolute Gasteiger partial charge is 0.256 e. The highest BCUT2D eigenvalue weighted by Gasteiger charge is 2.11. The second kappa shape index (κ2) is 5.74. The largest absolute Gasteiger partial charge is 0.322 e. The van der Waals surface area contributed by atoms with Crippen LogP contribution in [0.5, 0.6) is 0 Å². The van der Waals surface area contributed by atoms with E-state index >= 15 is 0 Å². The molecule has 0 aliphatic heterocycles. The molecular weight excluding hydrogens is 349 g/mol. The molecule has 2 nitrogen and oxygen atoms in total. The van der Waals surface area contributed by atoms with Crippen molar-refractivity contribution in [2.45, 2.75) is 20.8 Å². The van der Waals surface area contributed by atoms with Crippen LogP contribution in [-0.4, -0.2) is 5.91 Å². The molecule has 2 aromatic rings. The van der Waals surface area contributed by atoms with Gasteiger partial charge in [0.05, 0.1) is 5.56 Å². The Bertz CT molecular complexity index is 635. The third-order valence-corrected chi connectivity index (χ3v) is 4.11.